The summed E-state index contributed by atoms with van der Waals surface area (Å²) >= 11 is 0. The topological polar surface area (TPSA) is 50.8 Å². The average Bonchev–Trinajstić information content (AvgIpc) is 3.07. The Morgan fingerprint density at radius 3 is 2.43 bits per heavy atom. The van der Waals surface area contributed by atoms with E-state index in [0.29, 0.717) is 29.9 Å². The van der Waals surface area contributed by atoms with Crippen molar-refractivity contribution in [1.82, 2.24) is 10.2 Å². The highest BCUT2D eigenvalue weighted by Gasteiger charge is 2.38. The second-order valence-electron chi connectivity index (χ2n) is 5.65. The summed E-state index contributed by atoms with van der Waals surface area (Å²) in [7, 11) is 0. The predicted molar refractivity (Wildman–Crippen MR) is 79.5 cm³/mol. The minimum Gasteiger partial charge on any atom is -0.490 e. The number of fused-ring (bicyclic) bond motifs is 1. The van der Waals surface area contributed by atoms with E-state index >= 15 is 0 Å². The summed E-state index contributed by atoms with van der Waals surface area (Å²) in [6.45, 7) is 6.36. The molecule has 21 heavy (non-hydrogen) atoms. The van der Waals surface area contributed by atoms with E-state index in [1.54, 1.807) is 0 Å². The molecule has 2 fully saturated rings. The lowest BCUT2D eigenvalue weighted by molar-refractivity contribution is -0.132. The van der Waals surface area contributed by atoms with Gasteiger partial charge in [0.2, 0.25) is 0 Å². The Kier molecular flexibility index (Phi) is 4.29. The summed E-state index contributed by atoms with van der Waals surface area (Å²) in [4.78, 5) is 14.2. The van der Waals surface area contributed by atoms with Crippen molar-refractivity contribution in [2.24, 2.45) is 11.8 Å². The fourth-order valence-electron chi connectivity index (χ4n) is 3.13. The number of carbonyl (C=O) groups is 1. The largest absolute Gasteiger partial charge is 0.490 e. The number of carbonyl (C=O) groups excluding carboxylic acids is 1. The lowest BCUT2D eigenvalue weighted by atomic mass is 10.0. The summed E-state index contributed by atoms with van der Waals surface area (Å²) in [5, 5.41) is 3.38. The van der Waals surface area contributed by atoms with Gasteiger partial charge in [-0.25, -0.2) is 0 Å². The lowest BCUT2D eigenvalue weighted by Gasteiger charge is -2.18. The molecule has 2 aliphatic rings. The summed E-state index contributed by atoms with van der Waals surface area (Å²) in [6, 6.07) is 7.47. The van der Waals surface area contributed by atoms with Crippen LogP contribution in [0.25, 0.3) is 0 Å². The standard InChI is InChI=1S/C16H22N2O3/c1-2-20-14-5-3-4-6-15(14)21-11-16(19)18-9-12-7-17-8-13(12)10-18/h3-6,12-13,17H,2,7-11H2,1H3/t12-,13+. The fraction of sp³-hybridized carbons (Fsp3) is 0.562. The van der Waals surface area contributed by atoms with E-state index in [0.717, 1.165) is 26.2 Å². The van der Waals surface area contributed by atoms with E-state index < -0.39 is 0 Å². The molecule has 0 bridgehead atoms. The van der Waals surface area contributed by atoms with Gasteiger partial charge in [-0.3, -0.25) is 4.79 Å². The number of likely N-dealkylation sites (tertiary alicyclic amines) is 1. The van der Waals surface area contributed by atoms with Crippen LogP contribution in [0.2, 0.25) is 0 Å². The van der Waals surface area contributed by atoms with E-state index in [1.165, 1.54) is 0 Å². The van der Waals surface area contributed by atoms with E-state index in [1.807, 2.05) is 36.1 Å². The molecule has 2 aliphatic heterocycles. The Balaban J connectivity index is 1.54. The Bertz CT molecular complexity index is 494. The zero-order valence-corrected chi connectivity index (χ0v) is 12.4. The molecule has 0 aromatic heterocycles. The van der Waals surface area contributed by atoms with Gasteiger partial charge >= 0.3 is 0 Å². The van der Waals surface area contributed by atoms with Crippen LogP contribution in [0.15, 0.2) is 24.3 Å². The molecule has 3 rings (SSSR count). The van der Waals surface area contributed by atoms with Crippen molar-refractivity contribution in [3.8, 4) is 11.5 Å². The van der Waals surface area contributed by atoms with Crippen molar-refractivity contribution >= 4 is 5.91 Å². The van der Waals surface area contributed by atoms with Gasteiger partial charge in [-0.2, -0.15) is 0 Å². The van der Waals surface area contributed by atoms with E-state index in [4.69, 9.17) is 9.47 Å². The van der Waals surface area contributed by atoms with Crippen molar-refractivity contribution in [2.75, 3.05) is 39.4 Å². The highest BCUT2D eigenvalue weighted by atomic mass is 16.5. The van der Waals surface area contributed by atoms with Crippen molar-refractivity contribution in [1.29, 1.82) is 0 Å². The van der Waals surface area contributed by atoms with Crippen LogP contribution in [0, 0.1) is 11.8 Å². The molecular weight excluding hydrogens is 268 g/mol. The second-order valence-corrected chi connectivity index (χ2v) is 5.65. The Labute approximate surface area is 125 Å². The number of para-hydroxylation sites is 2. The molecule has 2 atom stereocenters. The fourth-order valence-corrected chi connectivity index (χ4v) is 3.13. The minimum atomic E-state index is 0.0655. The van der Waals surface area contributed by atoms with E-state index in [2.05, 4.69) is 5.32 Å². The summed E-state index contributed by atoms with van der Waals surface area (Å²) in [5.41, 5.74) is 0. The molecular formula is C16H22N2O3. The first-order valence-electron chi connectivity index (χ1n) is 7.61. The maximum Gasteiger partial charge on any atom is 0.260 e. The van der Waals surface area contributed by atoms with Gasteiger partial charge < -0.3 is 19.7 Å². The average molecular weight is 290 g/mol. The SMILES string of the molecule is CCOc1ccccc1OCC(=O)N1C[C@H]2CNC[C@H]2C1. The van der Waals surface area contributed by atoms with Gasteiger partial charge in [-0.05, 0) is 30.9 Å². The van der Waals surface area contributed by atoms with Crippen LogP contribution in [0.4, 0.5) is 0 Å². The Morgan fingerprint density at radius 1 is 1.19 bits per heavy atom. The smallest absolute Gasteiger partial charge is 0.260 e. The molecule has 2 heterocycles. The van der Waals surface area contributed by atoms with Crippen LogP contribution in [0.3, 0.4) is 0 Å². The first-order valence-corrected chi connectivity index (χ1v) is 7.61. The van der Waals surface area contributed by atoms with Gasteiger partial charge in [0.25, 0.3) is 5.91 Å². The lowest BCUT2D eigenvalue weighted by Crippen LogP contribution is -2.35. The minimum absolute atomic E-state index is 0.0655. The van der Waals surface area contributed by atoms with Gasteiger partial charge in [0.15, 0.2) is 18.1 Å². The first-order chi connectivity index (χ1) is 10.3. The van der Waals surface area contributed by atoms with Gasteiger partial charge in [-0.15, -0.1) is 0 Å². The van der Waals surface area contributed by atoms with Crippen LogP contribution in [-0.4, -0.2) is 50.2 Å². The second kappa shape index (κ2) is 6.35. The predicted octanol–water partition coefficient (Wildman–Crippen LogP) is 1.14. The molecule has 0 aliphatic carbocycles. The van der Waals surface area contributed by atoms with Crippen LogP contribution in [-0.2, 0) is 4.79 Å². The highest BCUT2D eigenvalue weighted by Crippen LogP contribution is 2.28. The van der Waals surface area contributed by atoms with Crippen LogP contribution < -0.4 is 14.8 Å². The summed E-state index contributed by atoms with van der Waals surface area (Å²) in [5.74, 6) is 2.62. The van der Waals surface area contributed by atoms with Crippen LogP contribution in [0.5, 0.6) is 11.5 Å². The van der Waals surface area contributed by atoms with Gasteiger partial charge in [0.1, 0.15) is 0 Å². The summed E-state index contributed by atoms with van der Waals surface area (Å²) in [6.07, 6.45) is 0. The Hall–Kier alpha value is -1.75. The van der Waals surface area contributed by atoms with Crippen molar-refractivity contribution in [3.63, 3.8) is 0 Å². The molecule has 1 N–H and O–H groups in total. The molecule has 2 saturated heterocycles. The third-order valence-corrected chi connectivity index (χ3v) is 4.24. The third-order valence-electron chi connectivity index (χ3n) is 4.24. The van der Waals surface area contributed by atoms with Crippen molar-refractivity contribution in [2.45, 2.75) is 6.92 Å². The number of hydrogen-bond donors (Lipinski definition) is 1. The zero-order chi connectivity index (χ0) is 14.7. The molecule has 1 amide bonds. The number of amides is 1. The number of ether oxygens (including phenoxy) is 2. The van der Waals surface area contributed by atoms with E-state index in [9.17, 15) is 4.79 Å². The quantitative estimate of drug-likeness (QED) is 0.883. The highest BCUT2D eigenvalue weighted by molar-refractivity contribution is 5.78. The number of nitrogens with one attached hydrogen (secondary N) is 1. The molecule has 1 aromatic carbocycles. The van der Waals surface area contributed by atoms with Crippen LogP contribution >= 0.6 is 0 Å². The molecule has 0 unspecified atom stereocenters. The number of hydrogen-bond acceptors (Lipinski definition) is 4. The first kappa shape index (κ1) is 14.2. The molecule has 0 radical (unpaired) electrons. The number of benzene rings is 1. The van der Waals surface area contributed by atoms with Crippen molar-refractivity contribution < 1.29 is 14.3 Å². The van der Waals surface area contributed by atoms with Gasteiger partial charge in [0, 0.05) is 26.2 Å². The molecule has 1 aromatic rings. The van der Waals surface area contributed by atoms with Crippen LogP contribution in [0.1, 0.15) is 6.92 Å². The summed E-state index contributed by atoms with van der Waals surface area (Å²) < 4.78 is 11.2. The molecule has 0 spiro atoms. The third kappa shape index (κ3) is 3.13. The zero-order valence-electron chi connectivity index (χ0n) is 12.4. The molecule has 5 heteroatoms. The normalized spacial score (nSPS) is 24.0. The van der Waals surface area contributed by atoms with Gasteiger partial charge in [-0.1, -0.05) is 12.1 Å². The van der Waals surface area contributed by atoms with Gasteiger partial charge in [0.05, 0.1) is 6.61 Å². The maximum absolute atomic E-state index is 12.3. The molecule has 0 saturated carbocycles. The Morgan fingerprint density at radius 2 is 1.81 bits per heavy atom. The molecule has 114 valence electrons. The maximum atomic E-state index is 12.3. The van der Waals surface area contributed by atoms with E-state index in [-0.39, 0.29) is 12.5 Å². The number of rotatable bonds is 5. The monoisotopic (exact) mass is 290 g/mol. The molecule has 5 nitrogen and oxygen atoms in total. The van der Waals surface area contributed by atoms with Crippen molar-refractivity contribution in [3.05, 3.63) is 24.3 Å². The number of nitrogens with zero attached hydrogens (tertiary/aromatic N) is 1.